The van der Waals surface area contributed by atoms with Crippen molar-refractivity contribution in [1.29, 1.82) is 0 Å². The molecule has 12 heteroatoms. The van der Waals surface area contributed by atoms with E-state index in [0.29, 0.717) is 44.0 Å². The first-order valence-electron chi connectivity index (χ1n) is 11.7. The number of halogens is 2. The van der Waals surface area contributed by atoms with Crippen LogP contribution >= 0.6 is 38.5 Å². The van der Waals surface area contributed by atoms with Gasteiger partial charge in [-0.3, -0.25) is 14.9 Å². The maximum atomic E-state index is 13.4. The summed E-state index contributed by atoms with van der Waals surface area (Å²) in [7, 11) is 0. The van der Waals surface area contributed by atoms with Crippen molar-refractivity contribution in [2.75, 3.05) is 6.61 Å². The Morgan fingerprint density at radius 3 is 2.68 bits per heavy atom. The van der Waals surface area contributed by atoms with E-state index in [4.69, 9.17) is 14.5 Å². The third-order valence-corrected chi connectivity index (χ3v) is 6.97. The summed E-state index contributed by atoms with van der Waals surface area (Å²) in [6, 6.07) is 11.7. The lowest BCUT2D eigenvalue weighted by Gasteiger charge is -2.15. The number of hydrogen-bond acceptors (Lipinski definition) is 8. The van der Waals surface area contributed by atoms with Crippen molar-refractivity contribution < 1.29 is 14.4 Å². The highest BCUT2D eigenvalue weighted by Crippen LogP contribution is 2.37. The maximum Gasteiger partial charge on any atom is 0.287 e. The second-order valence-electron chi connectivity index (χ2n) is 8.28. The molecule has 0 fully saturated rings. The smallest absolute Gasteiger partial charge is 0.287 e. The zero-order valence-electron chi connectivity index (χ0n) is 20.7. The Bertz CT molecular complexity index is 1590. The molecule has 0 spiro atoms. The molecule has 0 radical (unpaired) electrons. The predicted octanol–water partition coefficient (Wildman–Crippen LogP) is 6.65. The first-order chi connectivity index (χ1) is 18.2. The average molecular weight is 692 g/mol. The molecule has 2 aromatic heterocycles. The Balaban J connectivity index is 1.74. The summed E-state index contributed by atoms with van der Waals surface area (Å²) in [4.78, 5) is 32.5. The molecule has 4 rings (SSSR count). The monoisotopic (exact) mass is 691 g/mol. The summed E-state index contributed by atoms with van der Waals surface area (Å²) in [6.45, 7) is 6.26. The minimum absolute atomic E-state index is 0.0111. The number of fused-ring (bicyclic) bond motifs is 1. The van der Waals surface area contributed by atoms with E-state index in [1.54, 1.807) is 18.3 Å². The molecule has 0 amide bonds. The molecule has 0 bridgehead atoms. The highest BCUT2D eigenvalue weighted by molar-refractivity contribution is 14.1. The topological polar surface area (TPSA) is 122 Å². The van der Waals surface area contributed by atoms with Crippen molar-refractivity contribution >= 4 is 61.3 Å². The molecule has 0 N–H and O–H groups in total. The lowest BCUT2D eigenvalue weighted by atomic mass is 10.1. The second-order valence-corrected chi connectivity index (χ2v) is 10.4. The Kier molecular flexibility index (Phi) is 8.72. The number of nitro groups is 1. The van der Waals surface area contributed by atoms with Crippen molar-refractivity contribution in [3.63, 3.8) is 0 Å². The van der Waals surface area contributed by atoms with Gasteiger partial charge in [-0.15, -0.1) is 0 Å². The lowest BCUT2D eigenvalue weighted by Crippen LogP contribution is -2.23. The third kappa shape index (κ3) is 6.01. The molecule has 1 atom stereocenters. The van der Waals surface area contributed by atoms with Gasteiger partial charge in [-0.1, -0.05) is 29.8 Å². The van der Waals surface area contributed by atoms with Crippen molar-refractivity contribution in [2.45, 2.75) is 33.1 Å². The Morgan fingerprint density at radius 2 is 2.03 bits per heavy atom. The molecule has 0 aliphatic heterocycles. The second kappa shape index (κ2) is 12.0. The van der Waals surface area contributed by atoms with Gasteiger partial charge in [0.05, 0.1) is 32.2 Å². The van der Waals surface area contributed by atoms with Gasteiger partial charge in [0.25, 0.3) is 11.2 Å². The molecule has 10 nitrogen and oxygen atoms in total. The van der Waals surface area contributed by atoms with Crippen LogP contribution in [0.25, 0.3) is 10.9 Å². The first kappa shape index (κ1) is 27.6. The van der Waals surface area contributed by atoms with Crippen LogP contribution in [-0.4, -0.2) is 32.4 Å². The van der Waals surface area contributed by atoms with E-state index in [2.05, 4.69) is 48.6 Å². The average Bonchev–Trinajstić information content (AvgIpc) is 2.90. The summed E-state index contributed by atoms with van der Waals surface area (Å²) in [5.74, 6) is 1.63. The molecule has 0 saturated carbocycles. The fourth-order valence-corrected chi connectivity index (χ4v) is 4.67. The van der Waals surface area contributed by atoms with Crippen LogP contribution in [0.4, 0.5) is 5.69 Å². The van der Waals surface area contributed by atoms with Crippen molar-refractivity contribution in [1.82, 2.24) is 14.6 Å². The van der Waals surface area contributed by atoms with Crippen molar-refractivity contribution in [3.8, 4) is 17.4 Å². The third-order valence-electron chi connectivity index (χ3n) is 5.68. The Hall–Kier alpha value is -3.39. The van der Waals surface area contributed by atoms with Crippen LogP contribution in [0, 0.1) is 13.7 Å². The number of benzene rings is 2. The van der Waals surface area contributed by atoms with E-state index in [1.807, 2.05) is 39.0 Å². The van der Waals surface area contributed by atoms with Gasteiger partial charge in [0.2, 0.25) is 5.88 Å². The standard InChI is InChI=1S/C26H23BrIN5O5/c1-4-15(3)25-31-21-8-6-17(27)12-19(21)26(34)32(25)30-13-16-10-20(28)24(22(11-16)37-5-2)38-23-9-7-18(14-29-23)33(35)36/h6-15H,4-5H2,1-3H3/t15-/m0/s1. The van der Waals surface area contributed by atoms with Gasteiger partial charge in [-0.25, -0.2) is 9.97 Å². The van der Waals surface area contributed by atoms with Crippen LogP contribution in [0.2, 0.25) is 0 Å². The molecular formula is C26H23BrIN5O5. The summed E-state index contributed by atoms with van der Waals surface area (Å²) < 4.78 is 14.5. The van der Waals surface area contributed by atoms with Crippen LogP contribution in [0.1, 0.15) is 44.5 Å². The van der Waals surface area contributed by atoms with E-state index in [-0.39, 0.29) is 23.0 Å². The zero-order valence-corrected chi connectivity index (χ0v) is 24.5. The van der Waals surface area contributed by atoms with Gasteiger partial charge < -0.3 is 9.47 Å². The maximum absolute atomic E-state index is 13.4. The normalized spacial score (nSPS) is 12.1. The van der Waals surface area contributed by atoms with Gasteiger partial charge in [0.1, 0.15) is 12.0 Å². The minimum Gasteiger partial charge on any atom is -0.490 e. The fourth-order valence-electron chi connectivity index (χ4n) is 3.57. The quantitative estimate of drug-likeness (QED) is 0.0833. The molecular weight excluding hydrogens is 669 g/mol. The van der Waals surface area contributed by atoms with Crippen LogP contribution in [0.5, 0.6) is 17.4 Å². The highest BCUT2D eigenvalue weighted by atomic mass is 127. The molecule has 38 heavy (non-hydrogen) atoms. The molecule has 2 aromatic carbocycles. The van der Waals surface area contributed by atoms with E-state index >= 15 is 0 Å². The number of aromatic nitrogens is 3. The highest BCUT2D eigenvalue weighted by Gasteiger charge is 2.17. The van der Waals surface area contributed by atoms with Gasteiger partial charge >= 0.3 is 0 Å². The summed E-state index contributed by atoms with van der Waals surface area (Å²) in [5.41, 5.74) is 0.908. The van der Waals surface area contributed by atoms with Gasteiger partial charge in [-0.2, -0.15) is 9.78 Å². The molecule has 0 aliphatic carbocycles. The predicted molar refractivity (Wildman–Crippen MR) is 157 cm³/mol. The molecule has 0 saturated heterocycles. The van der Waals surface area contributed by atoms with E-state index in [0.717, 1.165) is 17.1 Å². The number of hydrogen-bond donors (Lipinski definition) is 0. The molecule has 2 heterocycles. The molecule has 196 valence electrons. The summed E-state index contributed by atoms with van der Waals surface area (Å²) in [5, 5.41) is 15.9. The summed E-state index contributed by atoms with van der Waals surface area (Å²) in [6.07, 6.45) is 3.50. The van der Waals surface area contributed by atoms with E-state index in [9.17, 15) is 14.9 Å². The number of ether oxygens (including phenoxy) is 2. The fraction of sp³-hybridized carbons (Fsp3) is 0.231. The molecule has 0 aliphatic rings. The SMILES string of the molecule is CCOc1cc(C=Nn2c([C@@H](C)CC)nc3ccc(Br)cc3c2=O)cc(I)c1Oc1ccc([N+](=O)[O-])cn1. The molecule has 0 unspecified atom stereocenters. The minimum atomic E-state index is -0.526. The lowest BCUT2D eigenvalue weighted by molar-refractivity contribution is -0.385. The number of rotatable bonds is 9. The van der Waals surface area contributed by atoms with Crippen molar-refractivity contribution in [2.24, 2.45) is 5.10 Å². The van der Waals surface area contributed by atoms with Crippen LogP contribution < -0.4 is 15.0 Å². The zero-order chi connectivity index (χ0) is 27.4. The van der Waals surface area contributed by atoms with Crippen LogP contribution in [0.15, 0.2) is 63.0 Å². The Morgan fingerprint density at radius 1 is 1.24 bits per heavy atom. The van der Waals surface area contributed by atoms with E-state index in [1.165, 1.54) is 16.8 Å². The summed E-state index contributed by atoms with van der Waals surface area (Å²) >= 11 is 5.53. The number of pyridine rings is 1. The van der Waals surface area contributed by atoms with Gasteiger partial charge in [0, 0.05) is 22.5 Å². The van der Waals surface area contributed by atoms with Gasteiger partial charge in [-0.05, 0) is 71.8 Å². The number of nitrogens with zero attached hydrogens (tertiary/aromatic N) is 5. The largest absolute Gasteiger partial charge is 0.490 e. The van der Waals surface area contributed by atoms with Crippen LogP contribution in [0.3, 0.4) is 0 Å². The van der Waals surface area contributed by atoms with E-state index < -0.39 is 4.92 Å². The first-order valence-corrected chi connectivity index (χ1v) is 13.6. The molecule has 4 aromatic rings. The van der Waals surface area contributed by atoms with Crippen molar-refractivity contribution in [3.05, 3.63) is 88.6 Å². The Labute approximate surface area is 240 Å². The van der Waals surface area contributed by atoms with Gasteiger partial charge in [0.15, 0.2) is 11.5 Å². The van der Waals surface area contributed by atoms with Crippen LogP contribution in [-0.2, 0) is 0 Å².